The molecule has 156 valence electrons. The van der Waals surface area contributed by atoms with Gasteiger partial charge in [-0.2, -0.15) is 0 Å². The number of ether oxygens (including phenoxy) is 1. The summed E-state index contributed by atoms with van der Waals surface area (Å²) >= 11 is 0. The van der Waals surface area contributed by atoms with Crippen LogP contribution in [0.15, 0.2) is 85.1 Å². The number of rotatable bonds is 2. The van der Waals surface area contributed by atoms with Crippen molar-refractivity contribution in [2.45, 2.75) is 18.6 Å². The zero-order valence-electron chi connectivity index (χ0n) is 17.1. The van der Waals surface area contributed by atoms with Gasteiger partial charge in [0, 0.05) is 5.56 Å². The van der Waals surface area contributed by atoms with Gasteiger partial charge in [-0.15, -0.1) is 0 Å². The Bertz CT molecular complexity index is 1420. The van der Waals surface area contributed by atoms with E-state index in [0.717, 1.165) is 27.1 Å². The number of benzene rings is 4. The first-order valence-electron chi connectivity index (χ1n) is 10.4. The molecule has 0 aromatic heterocycles. The first kappa shape index (κ1) is 18.8. The van der Waals surface area contributed by atoms with Crippen LogP contribution in [0, 0.1) is 5.82 Å². The molecular formula is C27H18FNO3. The molecule has 4 aromatic rings. The Morgan fingerprint density at radius 2 is 1.59 bits per heavy atom. The van der Waals surface area contributed by atoms with Crippen LogP contribution in [-0.2, 0) is 26.5 Å². The van der Waals surface area contributed by atoms with E-state index >= 15 is 0 Å². The molecule has 4 nitrogen and oxygen atoms in total. The first-order valence-corrected chi connectivity index (χ1v) is 10.4. The molecule has 1 atom stereocenters. The number of allylic oxidation sites excluding steroid dienone is 1. The molecule has 1 spiro atoms. The van der Waals surface area contributed by atoms with Crippen LogP contribution in [0.5, 0.6) is 0 Å². The van der Waals surface area contributed by atoms with Gasteiger partial charge < -0.3 is 9.64 Å². The van der Waals surface area contributed by atoms with Crippen LogP contribution in [0.4, 0.5) is 10.1 Å². The van der Waals surface area contributed by atoms with Gasteiger partial charge in [-0.25, -0.2) is 4.39 Å². The molecular weight excluding hydrogens is 405 g/mol. The minimum Gasteiger partial charge on any atom is -0.469 e. The normalized spacial score (nSPS) is 19.9. The molecule has 2 aliphatic heterocycles. The summed E-state index contributed by atoms with van der Waals surface area (Å²) in [4.78, 5) is 27.7. The quantitative estimate of drug-likeness (QED) is 0.321. The molecule has 32 heavy (non-hydrogen) atoms. The Balaban J connectivity index is 1.56. The van der Waals surface area contributed by atoms with Gasteiger partial charge >= 0.3 is 0 Å². The first-order chi connectivity index (χ1) is 15.5. The number of carbonyl (C=O) groups is 2. The lowest BCUT2D eigenvalue weighted by Gasteiger charge is -2.24. The highest BCUT2D eigenvalue weighted by Gasteiger charge is 2.58. The third kappa shape index (κ3) is 2.48. The number of fused-ring (bicyclic) bond motifs is 4. The fourth-order valence-corrected chi connectivity index (χ4v) is 5.00. The number of anilines is 1. The van der Waals surface area contributed by atoms with Crippen molar-refractivity contribution in [2.24, 2.45) is 0 Å². The third-order valence-corrected chi connectivity index (χ3v) is 6.49. The standard InChI is InChI=1S/C27H18FNO3/c1-16-25(30)14-27(32-16)23-13-19(28)10-11-24(23)29(26(27)31)15-22-20-8-4-2-6-17(20)12-18-7-3-5-9-21(18)22/h2-13H,1,14-15H2. The van der Waals surface area contributed by atoms with E-state index in [0.29, 0.717) is 11.3 Å². The van der Waals surface area contributed by atoms with Gasteiger partial charge in [0.25, 0.3) is 5.91 Å². The van der Waals surface area contributed by atoms with Crippen molar-refractivity contribution in [3.8, 4) is 0 Å². The molecule has 1 saturated heterocycles. The predicted molar refractivity (Wildman–Crippen MR) is 121 cm³/mol. The number of carbonyl (C=O) groups excluding carboxylic acids is 2. The van der Waals surface area contributed by atoms with E-state index in [-0.39, 0.29) is 30.4 Å². The number of Topliss-reactive ketones (excluding diaryl/α,β-unsaturated/α-hetero) is 1. The molecule has 0 N–H and O–H groups in total. The molecule has 0 radical (unpaired) electrons. The van der Waals surface area contributed by atoms with Gasteiger partial charge in [-0.1, -0.05) is 55.1 Å². The highest BCUT2D eigenvalue weighted by molar-refractivity contribution is 6.13. The van der Waals surface area contributed by atoms with E-state index in [1.54, 1.807) is 11.0 Å². The molecule has 4 aromatic carbocycles. The Morgan fingerprint density at radius 3 is 2.22 bits per heavy atom. The van der Waals surface area contributed by atoms with Crippen LogP contribution >= 0.6 is 0 Å². The van der Waals surface area contributed by atoms with Gasteiger partial charge in [0.2, 0.25) is 11.4 Å². The number of hydrogen-bond donors (Lipinski definition) is 0. The summed E-state index contributed by atoms with van der Waals surface area (Å²) in [5.41, 5.74) is 0.365. The van der Waals surface area contributed by atoms with Crippen LogP contribution in [0.1, 0.15) is 17.5 Å². The van der Waals surface area contributed by atoms with E-state index in [9.17, 15) is 14.0 Å². The summed E-state index contributed by atoms with van der Waals surface area (Å²) in [6.45, 7) is 3.91. The number of nitrogens with zero attached hydrogens (tertiary/aromatic N) is 1. The summed E-state index contributed by atoms with van der Waals surface area (Å²) in [6.07, 6.45) is -0.173. The molecule has 1 amide bonds. The molecule has 1 unspecified atom stereocenters. The Labute approximate surface area is 183 Å². The van der Waals surface area contributed by atoms with E-state index in [1.165, 1.54) is 12.1 Å². The largest absolute Gasteiger partial charge is 0.469 e. The van der Waals surface area contributed by atoms with Crippen molar-refractivity contribution in [3.05, 3.63) is 102 Å². The molecule has 5 heteroatoms. The average molecular weight is 423 g/mol. The molecule has 1 fully saturated rings. The molecule has 2 heterocycles. The molecule has 0 aliphatic carbocycles. The van der Waals surface area contributed by atoms with E-state index < -0.39 is 11.4 Å². The van der Waals surface area contributed by atoms with Gasteiger partial charge in [0.1, 0.15) is 5.82 Å². The maximum absolute atomic E-state index is 14.2. The second-order valence-electron chi connectivity index (χ2n) is 8.30. The Kier molecular flexibility index (Phi) is 3.81. The van der Waals surface area contributed by atoms with Crippen LogP contribution in [0.3, 0.4) is 0 Å². The topological polar surface area (TPSA) is 46.6 Å². The second kappa shape index (κ2) is 6.50. The van der Waals surface area contributed by atoms with Crippen LogP contribution in [0.25, 0.3) is 21.5 Å². The highest BCUT2D eigenvalue weighted by Crippen LogP contribution is 2.50. The van der Waals surface area contributed by atoms with Crippen LogP contribution < -0.4 is 4.90 Å². The third-order valence-electron chi connectivity index (χ3n) is 6.49. The van der Waals surface area contributed by atoms with Gasteiger partial charge in [-0.3, -0.25) is 9.59 Å². The van der Waals surface area contributed by atoms with Gasteiger partial charge in [-0.05, 0) is 51.4 Å². The lowest BCUT2D eigenvalue weighted by molar-refractivity contribution is -0.135. The summed E-state index contributed by atoms with van der Waals surface area (Å²) < 4.78 is 20.0. The Morgan fingerprint density at radius 1 is 0.938 bits per heavy atom. The summed E-state index contributed by atoms with van der Waals surface area (Å²) in [5.74, 6) is -1.26. The zero-order valence-corrected chi connectivity index (χ0v) is 17.1. The highest BCUT2D eigenvalue weighted by atomic mass is 19.1. The fraction of sp³-hybridized carbons (Fsp3) is 0.111. The van der Waals surface area contributed by atoms with Crippen molar-refractivity contribution in [1.82, 2.24) is 0 Å². The molecule has 0 bridgehead atoms. The lowest BCUT2D eigenvalue weighted by atomic mass is 9.92. The van der Waals surface area contributed by atoms with E-state index in [1.807, 2.05) is 48.5 Å². The van der Waals surface area contributed by atoms with E-state index in [4.69, 9.17) is 4.74 Å². The number of hydrogen-bond acceptors (Lipinski definition) is 3. The monoisotopic (exact) mass is 423 g/mol. The number of amides is 1. The van der Waals surface area contributed by atoms with Crippen molar-refractivity contribution in [3.63, 3.8) is 0 Å². The Hall–Kier alpha value is -3.99. The maximum atomic E-state index is 14.2. The summed E-state index contributed by atoms with van der Waals surface area (Å²) in [7, 11) is 0. The van der Waals surface area contributed by atoms with Crippen molar-refractivity contribution in [1.29, 1.82) is 0 Å². The van der Waals surface area contributed by atoms with Gasteiger partial charge in [0.05, 0.1) is 18.7 Å². The zero-order chi connectivity index (χ0) is 22.0. The van der Waals surface area contributed by atoms with Crippen LogP contribution in [0.2, 0.25) is 0 Å². The van der Waals surface area contributed by atoms with Crippen LogP contribution in [-0.4, -0.2) is 11.7 Å². The molecule has 2 aliphatic rings. The number of ketones is 1. The van der Waals surface area contributed by atoms with Crippen molar-refractivity contribution >= 4 is 38.9 Å². The predicted octanol–water partition coefficient (Wildman–Crippen LogP) is 5.38. The molecule has 6 rings (SSSR count). The second-order valence-corrected chi connectivity index (χ2v) is 8.30. The number of halogens is 1. The van der Waals surface area contributed by atoms with E-state index in [2.05, 4.69) is 12.6 Å². The lowest BCUT2D eigenvalue weighted by Crippen LogP contribution is -2.39. The smallest absolute Gasteiger partial charge is 0.276 e. The minimum absolute atomic E-state index is 0.0639. The van der Waals surface area contributed by atoms with Crippen molar-refractivity contribution in [2.75, 3.05) is 4.90 Å². The van der Waals surface area contributed by atoms with Crippen molar-refractivity contribution < 1.29 is 18.7 Å². The fourth-order valence-electron chi connectivity index (χ4n) is 5.00. The molecule has 0 saturated carbocycles. The maximum Gasteiger partial charge on any atom is 0.276 e. The van der Waals surface area contributed by atoms with Gasteiger partial charge in [0.15, 0.2) is 5.76 Å². The average Bonchev–Trinajstić information content (AvgIpc) is 3.21. The minimum atomic E-state index is -1.55. The SMILES string of the molecule is C=C1OC2(CC1=O)C(=O)N(Cc1c3ccccc3cc3ccccc13)c1ccc(F)cc12. The summed E-state index contributed by atoms with van der Waals surface area (Å²) in [5, 5.41) is 4.22. The summed E-state index contributed by atoms with van der Waals surface area (Å²) in [6, 6.07) is 22.4.